The van der Waals surface area contributed by atoms with Gasteiger partial charge >= 0.3 is 0 Å². The quantitative estimate of drug-likeness (QED) is 0.562. The summed E-state index contributed by atoms with van der Waals surface area (Å²) in [6.07, 6.45) is 2.29. The van der Waals surface area contributed by atoms with E-state index >= 15 is 0 Å². The third kappa shape index (κ3) is 2.35. The summed E-state index contributed by atoms with van der Waals surface area (Å²) in [5, 5.41) is 0. The van der Waals surface area contributed by atoms with Gasteiger partial charge in [-0.1, -0.05) is 24.3 Å². The molecule has 4 heteroatoms. The topological polar surface area (TPSA) is 38.0 Å². The fourth-order valence-corrected chi connectivity index (χ4v) is 1.73. The SMILES string of the molecule is Cl.Cl.NNC1CCc2ccccc21. The number of halogens is 2. The highest BCUT2D eigenvalue weighted by Gasteiger charge is 2.19. The molecule has 0 amide bonds. The first kappa shape index (κ1) is 12.7. The Labute approximate surface area is 90.7 Å². The van der Waals surface area contributed by atoms with E-state index in [2.05, 4.69) is 29.7 Å². The lowest BCUT2D eigenvalue weighted by Gasteiger charge is -2.08. The van der Waals surface area contributed by atoms with Crippen molar-refractivity contribution in [3.63, 3.8) is 0 Å². The van der Waals surface area contributed by atoms with Crippen molar-refractivity contribution < 1.29 is 0 Å². The van der Waals surface area contributed by atoms with Crippen LogP contribution >= 0.6 is 24.8 Å². The molecule has 0 fully saturated rings. The molecule has 0 saturated carbocycles. The summed E-state index contributed by atoms with van der Waals surface area (Å²) in [7, 11) is 0. The molecule has 2 rings (SSSR count). The second kappa shape index (κ2) is 5.45. The van der Waals surface area contributed by atoms with Gasteiger partial charge in [-0.25, -0.2) is 0 Å². The van der Waals surface area contributed by atoms with Gasteiger partial charge in [0.25, 0.3) is 0 Å². The lowest BCUT2D eigenvalue weighted by Crippen LogP contribution is -2.26. The van der Waals surface area contributed by atoms with Crippen LogP contribution in [-0.4, -0.2) is 0 Å². The Hall–Kier alpha value is -0.280. The van der Waals surface area contributed by atoms with Gasteiger partial charge in [0.15, 0.2) is 0 Å². The third-order valence-corrected chi connectivity index (χ3v) is 2.33. The Morgan fingerprint density at radius 2 is 1.92 bits per heavy atom. The number of fused-ring (bicyclic) bond motifs is 1. The zero-order chi connectivity index (χ0) is 7.68. The van der Waals surface area contributed by atoms with Gasteiger partial charge in [-0.15, -0.1) is 24.8 Å². The fourth-order valence-electron chi connectivity index (χ4n) is 1.73. The first-order valence-corrected chi connectivity index (χ1v) is 3.96. The van der Waals surface area contributed by atoms with Crippen LogP contribution < -0.4 is 11.3 Å². The molecule has 1 aliphatic carbocycles. The number of aryl methyl sites for hydroxylation is 1. The maximum Gasteiger partial charge on any atom is 0.0465 e. The molecule has 0 saturated heterocycles. The zero-order valence-corrected chi connectivity index (χ0v) is 8.83. The lowest BCUT2D eigenvalue weighted by molar-refractivity contribution is 0.551. The van der Waals surface area contributed by atoms with Crippen LogP contribution in [0.5, 0.6) is 0 Å². The summed E-state index contributed by atoms with van der Waals surface area (Å²) in [6.45, 7) is 0. The molecule has 0 heterocycles. The number of nitrogens with two attached hydrogens (primary N) is 1. The van der Waals surface area contributed by atoms with E-state index in [4.69, 9.17) is 5.84 Å². The summed E-state index contributed by atoms with van der Waals surface area (Å²) in [4.78, 5) is 0. The highest BCUT2D eigenvalue weighted by atomic mass is 35.5. The molecular weight excluding hydrogens is 207 g/mol. The Kier molecular flexibility index (Phi) is 5.33. The van der Waals surface area contributed by atoms with Crippen LogP contribution in [0.15, 0.2) is 24.3 Å². The van der Waals surface area contributed by atoms with Crippen LogP contribution in [0.3, 0.4) is 0 Å². The van der Waals surface area contributed by atoms with Crippen LogP contribution in [0.25, 0.3) is 0 Å². The van der Waals surface area contributed by atoms with Crippen LogP contribution in [0.4, 0.5) is 0 Å². The molecule has 0 spiro atoms. The smallest absolute Gasteiger partial charge is 0.0465 e. The van der Waals surface area contributed by atoms with Gasteiger partial charge in [0.2, 0.25) is 0 Å². The van der Waals surface area contributed by atoms with Crippen LogP contribution in [-0.2, 0) is 6.42 Å². The van der Waals surface area contributed by atoms with Crippen molar-refractivity contribution in [3.8, 4) is 0 Å². The van der Waals surface area contributed by atoms with E-state index in [0.717, 1.165) is 12.8 Å². The standard InChI is InChI=1S/C9H12N2.2ClH/c10-11-9-6-5-7-3-1-2-4-8(7)9;;/h1-4,9,11H,5-6,10H2;2*1H. The van der Waals surface area contributed by atoms with Crippen molar-refractivity contribution in [1.82, 2.24) is 5.43 Å². The van der Waals surface area contributed by atoms with Crippen LogP contribution in [0, 0.1) is 0 Å². The van der Waals surface area contributed by atoms with Gasteiger partial charge in [0.05, 0.1) is 0 Å². The van der Waals surface area contributed by atoms with E-state index < -0.39 is 0 Å². The summed E-state index contributed by atoms with van der Waals surface area (Å²) >= 11 is 0. The molecule has 1 atom stereocenters. The third-order valence-electron chi connectivity index (χ3n) is 2.33. The minimum atomic E-state index is 0. The van der Waals surface area contributed by atoms with Crippen molar-refractivity contribution in [1.29, 1.82) is 0 Å². The minimum Gasteiger partial charge on any atom is -0.271 e. The van der Waals surface area contributed by atoms with E-state index in [-0.39, 0.29) is 24.8 Å². The second-order valence-corrected chi connectivity index (χ2v) is 2.96. The Morgan fingerprint density at radius 3 is 2.62 bits per heavy atom. The number of benzene rings is 1. The van der Waals surface area contributed by atoms with Crippen LogP contribution in [0.1, 0.15) is 23.6 Å². The summed E-state index contributed by atoms with van der Waals surface area (Å²) in [5.74, 6) is 5.40. The van der Waals surface area contributed by atoms with Crippen molar-refractivity contribution >= 4 is 24.8 Å². The average Bonchev–Trinajstić information content (AvgIpc) is 2.47. The fraction of sp³-hybridized carbons (Fsp3) is 0.333. The number of nitrogens with one attached hydrogen (secondary N) is 1. The van der Waals surface area contributed by atoms with E-state index in [9.17, 15) is 0 Å². The van der Waals surface area contributed by atoms with Crippen molar-refractivity contribution in [2.45, 2.75) is 18.9 Å². The van der Waals surface area contributed by atoms with Crippen LogP contribution in [0.2, 0.25) is 0 Å². The molecule has 2 nitrogen and oxygen atoms in total. The summed E-state index contributed by atoms with van der Waals surface area (Å²) in [6, 6.07) is 8.84. The molecule has 1 aromatic carbocycles. The van der Waals surface area contributed by atoms with Crippen molar-refractivity contribution in [2.75, 3.05) is 0 Å². The lowest BCUT2D eigenvalue weighted by atomic mass is 10.1. The maximum atomic E-state index is 5.40. The zero-order valence-electron chi connectivity index (χ0n) is 7.19. The molecule has 1 aromatic rings. The molecule has 0 bridgehead atoms. The van der Waals surface area contributed by atoms with Crippen molar-refractivity contribution in [3.05, 3.63) is 35.4 Å². The van der Waals surface area contributed by atoms with Gasteiger partial charge in [0, 0.05) is 6.04 Å². The monoisotopic (exact) mass is 220 g/mol. The van der Waals surface area contributed by atoms with E-state index in [1.54, 1.807) is 0 Å². The molecule has 0 aliphatic heterocycles. The molecule has 1 aliphatic rings. The largest absolute Gasteiger partial charge is 0.271 e. The molecule has 74 valence electrons. The predicted octanol–water partition coefficient (Wildman–Crippen LogP) is 1.98. The van der Waals surface area contributed by atoms with E-state index in [0.29, 0.717) is 6.04 Å². The number of hydrogen-bond donors (Lipinski definition) is 2. The maximum absolute atomic E-state index is 5.40. The molecular formula is C9H14Cl2N2. The van der Waals surface area contributed by atoms with Gasteiger partial charge in [-0.3, -0.25) is 11.3 Å². The normalized spacial score (nSPS) is 18.4. The molecule has 3 N–H and O–H groups in total. The summed E-state index contributed by atoms with van der Waals surface area (Å²) < 4.78 is 0. The van der Waals surface area contributed by atoms with Gasteiger partial charge < -0.3 is 0 Å². The van der Waals surface area contributed by atoms with Crippen molar-refractivity contribution in [2.24, 2.45) is 5.84 Å². The van der Waals surface area contributed by atoms with E-state index in [1.165, 1.54) is 11.1 Å². The molecule has 0 radical (unpaired) electrons. The Bertz CT molecular complexity index is 266. The Morgan fingerprint density at radius 1 is 1.23 bits per heavy atom. The highest BCUT2D eigenvalue weighted by molar-refractivity contribution is 5.85. The molecule has 1 unspecified atom stereocenters. The second-order valence-electron chi connectivity index (χ2n) is 2.96. The number of hydrazine groups is 1. The summed E-state index contributed by atoms with van der Waals surface area (Å²) in [5.41, 5.74) is 5.63. The average molecular weight is 221 g/mol. The highest BCUT2D eigenvalue weighted by Crippen LogP contribution is 2.29. The molecule has 0 aromatic heterocycles. The van der Waals surface area contributed by atoms with Gasteiger partial charge in [0.1, 0.15) is 0 Å². The Balaban J connectivity index is 0.000000720. The number of rotatable bonds is 1. The molecule has 13 heavy (non-hydrogen) atoms. The predicted molar refractivity (Wildman–Crippen MR) is 59.3 cm³/mol. The minimum absolute atomic E-state index is 0. The van der Waals surface area contributed by atoms with Gasteiger partial charge in [-0.05, 0) is 24.0 Å². The first-order valence-electron chi connectivity index (χ1n) is 3.96. The van der Waals surface area contributed by atoms with E-state index in [1.807, 2.05) is 0 Å². The van der Waals surface area contributed by atoms with Gasteiger partial charge in [-0.2, -0.15) is 0 Å². The number of hydrogen-bond acceptors (Lipinski definition) is 2. The first-order chi connectivity index (χ1) is 5.42.